The SMILES string of the molecule is CC=CC1CCC(C2CCC(C(C)OC)CC2)CC1. The van der Waals surface area contributed by atoms with Gasteiger partial charge in [-0.25, -0.2) is 0 Å². The molecule has 0 amide bonds. The molecule has 2 aliphatic carbocycles. The number of methoxy groups -OCH3 is 1. The summed E-state index contributed by atoms with van der Waals surface area (Å²) in [5.74, 6) is 3.75. The van der Waals surface area contributed by atoms with Crippen LogP contribution in [-0.4, -0.2) is 13.2 Å². The lowest BCUT2D eigenvalue weighted by molar-refractivity contribution is 0.0336. The van der Waals surface area contributed by atoms with E-state index in [-0.39, 0.29) is 0 Å². The number of allylic oxidation sites excluding steroid dienone is 2. The van der Waals surface area contributed by atoms with Gasteiger partial charge in [-0.2, -0.15) is 0 Å². The Labute approximate surface area is 119 Å². The van der Waals surface area contributed by atoms with Crippen LogP contribution in [0.25, 0.3) is 0 Å². The van der Waals surface area contributed by atoms with Gasteiger partial charge in [-0.3, -0.25) is 0 Å². The zero-order chi connectivity index (χ0) is 13.7. The molecule has 0 spiro atoms. The van der Waals surface area contributed by atoms with Crippen molar-refractivity contribution in [3.8, 4) is 0 Å². The second-order valence-electron chi connectivity index (χ2n) is 6.82. The average Bonchev–Trinajstić information content (AvgIpc) is 2.48. The first-order valence-electron chi connectivity index (χ1n) is 8.40. The lowest BCUT2D eigenvalue weighted by Crippen LogP contribution is -2.29. The van der Waals surface area contributed by atoms with Crippen LogP contribution < -0.4 is 0 Å². The molecule has 2 saturated carbocycles. The fourth-order valence-electron chi connectivity index (χ4n) is 4.36. The minimum atomic E-state index is 0.464. The Hall–Kier alpha value is -0.300. The zero-order valence-electron chi connectivity index (χ0n) is 13.1. The second kappa shape index (κ2) is 7.47. The van der Waals surface area contributed by atoms with E-state index in [1.807, 2.05) is 7.11 Å². The molecule has 0 heterocycles. The molecule has 0 aliphatic heterocycles. The van der Waals surface area contributed by atoms with Gasteiger partial charge < -0.3 is 4.74 Å². The van der Waals surface area contributed by atoms with Crippen LogP contribution in [-0.2, 0) is 4.74 Å². The number of rotatable bonds is 4. The fraction of sp³-hybridized carbons (Fsp3) is 0.889. The third-order valence-electron chi connectivity index (χ3n) is 5.80. The largest absolute Gasteiger partial charge is 0.381 e. The lowest BCUT2D eigenvalue weighted by Gasteiger charge is -2.38. The van der Waals surface area contributed by atoms with E-state index in [1.54, 1.807) is 0 Å². The van der Waals surface area contributed by atoms with Crippen molar-refractivity contribution < 1.29 is 4.74 Å². The molecule has 19 heavy (non-hydrogen) atoms. The molecule has 2 aliphatic rings. The summed E-state index contributed by atoms with van der Waals surface area (Å²) in [4.78, 5) is 0. The van der Waals surface area contributed by atoms with Gasteiger partial charge in [-0.1, -0.05) is 12.2 Å². The second-order valence-corrected chi connectivity index (χ2v) is 6.82. The fourth-order valence-corrected chi connectivity index (χ4v) is 4.36. The van der Waals surface area contributed by atoms with Crippen molar-refractivity contribution >= 4 is 0 Å². The standard InChI is InChI=1S/C18H32O/c1-4-5-15-6-8-17(9-7-15)18-12-10-16(11-13-18)14(2)19-3/h4-5,14-18H,6-13H2,1-3H3. The quantitative estimate of drug-likeness (QED) is 0.633. The first-order chi connectivity index (χ1) is 9.24. The summed E-state index contributed by atoms with van der Waals surface area (Å²) in [6, 6.07) is 0. The predicted octanol–water partition coefficient (Wildman–Crippen LogP) is 5.21. The first kappa shape index (κ1) is 15.1. The minimum Gasteiger partial charge on any atom is -0.381 e. The molecule has 0 N–H and O–H groups in total. The van der Waals surface area contributed by atoms with Crippen molar-refractivity contribution in [2.75, 3.05) is 7.11 Å². The summed E-state index contributed by atoms with van der Waals surface area (Å²) >= 11 is 0. The van der Waals surface area contributed by atoms with E-state index in [0.29, 0.717) is 6.10 Å². The van der Waals surface area contributed by atoms with Crippen molar-refractivity contribution in [1.82, 2.24) is 0 Å². The van der Waals surface area contributed by atoms with Gasteiger partial charge in [-0.15, -0.1) is 0 Å². The average molecular weight is 264 g/mol. The van der Waals surface area contributed by atoms with Crippen LogP contribution >= 0.6 is 0 Å². The zero-order valence-corrected chi connectivity index (χ0v) is 13.1. The van der Waals surface area contributed by atoms with Crippen LogP contribution in [0.4, 0.5) is 0 Å². The van der Waals surface area contributed by atoms with Crippen molar-refractivity contribution in [2.45, 2.75) is 71.3 Å². The molecular weight excluding hydrogens is 232 g/mol. The Morgan fingerprint density at radius 2 is 1.42 bits per heavy atom. The van der Waals surface area contributed by atoms with E-state index in [4.69, 9.17) is 4.74 Å². The molecule has 0 radical (unpaired) electrons. The number of hydrogen-bond donors (Lipinski definition) is 0. The summed E-state index contributed by atoms with van der Waals surface area (Å²) in [5, 5.41) is 0. The third-order valence-corrected chi connectivity index (χ3v) is 5.80. The molecule has 1 nitrogen and oxygen atoms in total. The normalized spacial score (nSPS) is 38.5. The van der Waals surface area contributed by atoms with Crippen LogP contribution in [0.3, 0.4) is 0 Å². The van der Waals surface area contributed by atoms with Gasteiger partial charge in [0.15, 0.2) is 0 Å². The molecule has 0 bridgehead atoms. The Morgan fingerprint density at radius 3 is 1.89 bits per heavy atom. The highest BCUT2D eigenvalue weighted by molar-refractivity contribution is 4.91. The summed E-state index contributed by atoms with van der Waals surface area (Å²) < 4.78 is 5.50. The monoisotopic (exact) mass is 264 g/mol. The molecule has 2 rings (SSSR count). The van der Waals surface area contributed by atoms with Gasteiger partial charge in [0.2, 0.25) is 0 Å². The van der Waals surface area contributed by atoms with Crippen molar-refractivity contribution in [3.63, 3.8) is 0 Å². The lowest BCUT2D eigenvalue weighted by atomic mass is 9.68. The number of ether oxygens (including phenoxy) is 1. The highest BCUT2D eigenvalue weighted by Gasteiger charge is 2.31. The molecule has 110 valence electrons. The van der Waals surface area contributed by atoms with Gasteiger partial charge in [0, 0.05) is 7.11 Å². The smallest absolute Gasteiger partial charge is 0.0571 e. The van der Waals surface area contributed by atoms with Gasteiger partial charge in [0.25, 0.3) is 0 Å². The van der Waals surface area contributed by atoms with E-state index in [1.165, 1.54) is 51.4 Å². The van der Waals surface area contributed by atoms with E-state index in [0.717, 1.165) is 23.7 Å². The Kier molecular flexibility index (Phi) is 5.94. The van der Waals surface area contributed by atoms with Gasteiger partial charge in [0.05, 0.1) is 6.10 Å². The summed E-state index contributed by atoms with van der Waals surface area (Å²) in [6.07, 6.45) is 16.7. The molecule has 0 aromatic heterocycles. The van der Waals surface area contributed by atoms with Crippen LogP contribution in [0.5, 0.6) is 0 Å². The van der Waals surface area contributed by atoms with Crippen molar-refractivity contribution in [1.29, 1.82) is 0 Å². The van der Waals surface area contributed by atoms with E-state index < -0.39 is 0 Å². The Bertz CT molecular complexity index is 267. The van der Waals surface area contributed by atoms with Crippen LogP contribution in [0.15, 0.2) is 12.2 Å². The third kappa shape index (κ3) is 4.08. The summed E-state index contributed by atoms with van der Waals surface area (Å²) in [5.41, 5.74) is 0. The highest BCUT2D eigenvalue weighted by atomic mass is 16.5. The Balaban J connectivity index is 1.74. The first-order valence-corrected chi connectivity index (χ1v) is 8.40. The van der Waals surface area contributed by atoms with Crippen molar-refractivity contribution in [3.05, 3.63) is 12.2 Å². The molecule has 1 heteroatoms. The van der Waals surface area contributed by atoms with Gasteiger partial charge in [0.1, 0.15) is 0 Å². The summed E-state index contributed by atoms with van der Waals surface area (Å²) in [7, 11) is 1.86. The molecule has 0 aromatic rings. The maximum absolute atomic E-state index is 5.50. The van der Waals surface area contributed by atoms with E-state index in [2.05, 4.69) is 26.0 Å². The molecule has 1 unspecified atom stereocenters. The van der Waals surface area contributed by atoms with Gasteiger partial charge in [-0.05, 0) is 88.9 Å². The van der Waals surface area contributed by atoms with Crippen LogP contribution in [0.1, 0.15) is 65.2 Å². The minimum absolute atomic E-state index is 0.464. The maximum Gasteiger partial charge on any atom is 0.0571 e. The number of hydrogen-bond acceptors (Lipinski definition) is 1. The molecule has 2 fully saturated rings. The topological polar surface area (TPSA) is 9.23 Å². The maximum atomic E-state index is 5.50. The Morgan fingerprint density at radius 1 is 0.895 bits per heavy atom. The van der Waals surface area contributed by atoms with E-state index in [9.17, 15) is 0 Å². The molecule has 0 aromatic carbocycles. The van der Waals surface area contributed by atoms with E-state index >= 15 is 0 Å². The molecule has 1 atom stereocenters. The summed E-state index contributed by atoms with van der Waals surface area (Å²) in [6.45, 7) is 4.40. The molecule has 0 saturated heterocycles. The predicted molar refractivity (Wildman–Crippen MR) is 82.2 cm³/mol. The van der Waals surface area contributed by atoms with Gasteiger partial charge >= 0.3 is 0 Å². The van der Waals surface area contributed by atoms with Crippen molar-refractivity contribution in [2.24, 2.45) is 23.7 Å². The highest BCUT2D eigenvalue weighted by Crippen LogP contribution is 2.42. The van der Waals surface area contributed by atoms with Crippen LogP contribution in [0.2, 0.25) is 0 Å². The molecular formula is C18H32O. The van der Waals surface area contributed by atoms with Crippen LogP contribution in [0, 0.1) is 23.7 Å².